The third-order valence-corrected chi connectivity index (χ3v) is 5.68. The molecule has 6 nitrogen and oxygen atoms in total. The Kier molecular flexibility index (Phi) is 6.89. The molecule has 1 atom stereocenters. The fourth-order valence-electron chi connectivity index (χ4n) is 3.71. The van der Waals surface area contributed by atoms with Crippen LogP contribution in [0.5, 0.6) is 0 Å². The summed E-state index contributed by atoms with van der Waals surface area (Å²) in [5.41, 5.74) is 2.14. The van der Waals surface area contributed by atoms with Gasteiger partial charge in [-0.05, 0) is 45.4 Å². The fourth-order valence-corrected chi connectivity index (χ4v) is 4.06. The number of hydrogen-bond donors (Lipinski definition) is 0. The zero-order valence-electron chi connectivity index (χ0n) is 17.4. The Morgan fingerprint density at radius 1 is 1.21 bits per heavy atom. The number of benzene rings is 1. The second kappa shape index (κ2) is 9.01. The molecule has 0 aliphatic carbocycles. The van der Waals surface area contributed by atoms with Crippen LogP contribution in [0, 0.1) is 0 Å². The van der Waals surface area contributed by atoms with Crippen molar-refractivity contribution in [3.05, 3.63) is 28.2 Å². The van der Waals surface area contributed by atoms with Crippen molar-refractivity contribution in [2.45, 2.75) is 45.9 Å². The Morgan fingerprint density at radius 3 is 2.57 bits per heavy atom. The van der Waals surface area contributed by atoms with Gasteiger partial charge in [0.2, 0.25) is 0 Å². The minimum absolute atomic E-state index is 0.211. The summed E-state index contributed by atoms with van der Waals surface area (Å²) in [6, 6.07) is 6.81. The molecule has 3 rings (SSSR count). The first-order valence-corrected chi connectivity index (χ1v) is 10.9. The van der Waals surface area contributed by atoms with E-state index >= 15 is 0 Å². The van der Waals surface area contributed by atoms with Crippen LogP contribution in [0.15, 0.2) is 22.7 Å². The van der Waals surface area contributed by atoms with E-state index in [-0.39, 0.29) is 12.1 Å². The Labute approximate surface area is 176 Å². The number of halogens is 1. The van der Waals surface area contributed by atoms with E-state index in [2.05, 4.69) is 50.9 Å². The monoisotopic (exact) mass is 453 g/mol. The molecular weight excluding hydrogens is 422 g/mol. The molecule has 2 fully saturated rings. The summed E-state index contributed by atoms with van der Waals surface area (Å²) in [5.74, 6) is 0. The van der Waals surface area contributed by atoms with Crippen molar-refractivity contribution in [3.8, 4) is 0 Å². The molecular formula is C21H32BrN3O3. The number of piperazine rings is 1. The number of hydrogen-bond acceptors (Lipinski definition) is 5. The second-order valence-corrected chi connectivity index (χ2v) is 9.53. The highest BCUT2D eigenvalue weighted by Gasteiger charge is 2.30. The minimum atomic E-state index is -0.456. The van der Waals surface area contributed by atoms with Crippen LogP contribution in [0.2, 0.25) is 0 Å². The molecule has 0 saturated carbocycles. The summed E-state index contributed by atoms with van der Waals surface area (Å²) >= 11 is 3.62. The van der Waals surface area contributed by atoms with Crippen molar-refractivity contribution in [2.24, 2.45) is 0 Å². The molecule has 1 aromatic rings. The number of amides is 1. The number of ether oxygens (including phenoxy) is 2. The van der Waals surface area contributed by atoms with Crippen molar-refractivity contribution < 1.29 is 14.3 Å². The average molecular weight is 454 g/mol. The summed E-state index contributed by atoms with van der Waals surface area (Å²) in [6.07, 6.45) is -0.211. The Hall–Kier alpha value is -1.31. The standard InChI is InChI=1S/C21H32BrN3O3/c1-16-14-25(20(26)28-21(2,3)4)8-7-24(16)15-17-5-6-18(22)13-19(17)23-9-11-27-12-10-23/h5-6,13,16H,7-12,14-15H2,1-4H3. The average Bonchev–Trinajstić information content (AvgIpc) is 2.64. The predicted molar refractivity (Wildman–Crippen MR) is 115 cm³/mol. The van der Waals surface area contributed by atoms with Gasteiger partial charge in [-0.2, -0.15) is 0 Å². The van der Waals surface area contributed by atoms with Crippen LogP contribution < -0.4 is 4.90 Å². The van der Waals surface area contributed by atoms with Gasteiger partial charge in [0.05, 0.1) is 13.2 Å². The van der Waals surface area contributed by atoms with Gasteiger partial charge in [0.25, 0.3) is 0 Å². The molecule has 0 spiro atoms. The van der Waals surface area contributed by atoms with E-state index in [1.54, 1.807) is 0 Å². The van der Waals surface area contributed by atoms with Crippen LogP contribution in [0.25, 0.3) is 0 Å². The van der Waals surface area contributed by atoms with Gasteiger partial charge >= 0.3 is 6.09 Å². The highest BCUT2D eigenvalue weighted by molar-refractivity contribution is 9.10. The molecule has 2 heterocycles. The minimum Gasteiger partial charge on any atom is -0.444 e. The van der Waals surface area contributed by atoms with Crippen LogP contribution in [-0.4, -0.2) is 73.5 Å². The first-order valence-electron chi connectivity index (χ1n) is 10.1. The van der Waals surface area contributed by atoms with Crippen molar-refractivity contribution in [2.75, 3.05) is 50.8 Å². The number of carbonyl (C=O) groups is 1. The van der Waals surface area contributed by atoms with E-state index in [1.807, 2.05) is 25.7 Å². The Morgan fingerprint density at radius 2 is 1.93 bits per heavy atom. The van der Waals surface area contributed by atoms with Gasteiger partial charge < -0.3 is 19.3 Å². The third kappa shape index (κ3) is 5.61. The van der Waals surface area contributed by atoms with Crippen molar-refractivity contribution in [3.63, 3.8) is 0 Å². The second-order valence-electron chi connectivity index (χ2n) is 8.62. The molecule has 0 radical (unpaired) electrons. The van der Waals surface area contributed by atoms with Crippen LogP contribution >= 0.6 is 15.9 Å². The normalized spacial score (nSPS) is 21.7. The fraction of sp³-hybridized carbons (Fsp3) is 0.667. The molecule has 1 unspecified atom stereocenters. The Bertz CT molecular complexity index is 686. The summed E-state index contributed by atoms with van der Waals surface area (Å²) in [5, 5.41) is 0. The SMILES string of the molecule is CC1CN(C(=O)OC(C)(C)C)CCN1Cc1ccc(Br)cc1N1CCOCC1. The highest BCUT2D eigenvalue weighted by atomic mass is 79.9. The molecule has 0 N–H and O–H groups in total. The maximum atomic E-state index is 12.4. The number of carbonyl (C=O) groups excluding carboxylic acids is 1. The van der Waals surface area contributed by atoms with Gasteiger partial charge in [-0.3, -0.25) is 4.90 Å². The number of rotatable bonds is 3. The molecule has 1 amide bonds. The maximum absolute atomic E-state index is 12.4. The van der Waals surface area contributed by atoms with E-state index in [4.69, 9.17) is 9.47 Å². The molecule has 0 bridgehead atoms. The Balaban J connectivity index is 1.66. The van der Waals surface area contributed by atoms with Crippen molar-refractivity contribution in [1.82, 2.24) is 9.80 Å². The summed E-state index contributed by atoms with van der Waals surface area (Å²) in [7, 11) is 0. The lowest BCUT2D eigenvalue weighted by atomic mass is 10.1. The molecule has 28 heavy (non-hydrogen) atoms. The van der Waals surface area contributed by atoms with E-state index in [1.165, 1.54) is 11.3 Å². The van der Waals surface area contributed by atoms with Crippen LogP contribution in [0.1, 0.15) is 33.3 Å². The number of morpholine rings is 1. The quantitative estimate of drug-likeness (QED) is 0.697. The van der Waals surface area contributed by atoms with Gasteiger partial charge in [-0.25, -0.2) is 4.79 Å². The lowest BCUT2D eigenvalue weighted by molar-refractivity contribution is 0.00462. The van der Waals surface area contributed by atoms with Gasteiger partial charge in [-0.1, -0.05) is 22.0 Å². The van der Waals surface area contributed by atoms with Crippen LogP contribution in [-0.2, 0) is 16.0 Å². The smallest absolute Gasteiger partial charge is 0.410 e. The lowest BCUT2D eigenvalue weighted by Gasteiger charge is -2.41. The van der Waals surface area contributed by atoms with Crippen LogP contribution in [0.4, 0.5) is 10.5 Å². The molecule has 0 aromatic heterocycles. The van der Waals surface area contributed by atoms with Crippen molar-refractivity contribution in [1.29, 1.82) is 0 Å². The third-order valence-electron chi connectivity index (χ3n) is 5.19. The molecule has 2 aliphatic heterocycles. The van der Waals surface area contributed by atoms with E-state index in [0.29, 0.717) is 13.1 Å². The van der Waals surface area contributed by atoms with Gasteiger partial charge in [0.1, 0.15) is 5.60 Å². The topological polar surface area (TPSA) is 45.2 Å². The largest absolute Gasteiger partial charge is 0.444 e. The zero-order valence-corrected chi connectivity index (χ0v) is 19.0. The maximum Gasteiger partial charge on any atom is 0.410 e. The lowest BCUT2D eigenvalue weighted by Crippen LogP contribution is -2.54. The molecule has 1 aromatic carbocycles. The highest BCUT2D eigenvalue weighted by Crippen LogP contribution is 2.28. The first kappa shape index (κ1) is 21.4. The van der Waals surface area contributed by atoms with E-state index in [9.17, 15) is 4.79 Å². The van der Waals surface area contributed by atoms with Gasteiger partial charge in [0, 0.05) is 55.5 Å². The van der Waals surface area contributed by atoms with Crippen LogP contribution in [0.3, 0.4) is 0 Å². The summed E-state index contributed by atoms with van der Waals surface area (Å²) in [6.45, 7) is 14.4. The zero-order chi connectivity index (χ0) is 20.3. The molecule has 7 heteroatoms. The number of nitrogens with zero attached hydrogens (tertiary/aromatic N) is 3. The van der Waals surface area contributed by atoms with Gasteiger partial charge in [0.15, 0.2) is 0 Å². The van der Waals surface area contributed by atoms with E-state index in [0.717, 1.165) is 43.9 Å². The predicted octanol–water partition coefficient (Wildman–Crippen LogP) is 3.73. The summed E-state index contributed by atoms with van der Waals surface area (Å²) < 4.78 is 12.1. The van der Waals surface area contributed by atoms with Crippen molar-refractivity contribution >= 4 is 27.7 Å². The number of anilines is 1. The molecule has 156 valence electrons. The molecule has 2 saturated heterocycles. The summed E-state index contributed by atoms with van der Waals surface area (Å²) in [4.78, 5) is 19.1. The van der Waals surface area contributed by atoms with E-state index < -0.39 is 5.60 Å². The first-order chi connectivity index (χ1) is 13.2. The molecule has 2 aliphatic rings. The van der Waals surface area contributed by atoms with Gasteiger partial charge in [-0.15, -0.1) is 0 Å².